The van der Waals surface area contributed by atoms with Crippen LogP contribution >= 0.6 is 20.4 Å². The molecule has 6 heteroatoms. The van der Waals surface area contributed by atoms with E-state index < -0.39 is 9.70 Å². The molecule has 29 heavy (non-hydrogen) atoms. The van der Waals surface area contributed by atoms with E-state index in [1.165, 1.54) is 5.69 Å². The van der Waals surface area contributed by atoms with E-state index in [-0.39, 0.29) is 0 Å². The number of halogens is 1. The lowest BCUT2D eigenvalue weighted by Crippen LogP contribution is -2.22. The van der Waals surface area contributed by atoms with Gasteiger partial charge in [-0.2, -0.15) is 0 Å². The van der Waals surface area contributed by atoms with Crippen molar-refractivity contribution in [2.45, 2.75) is 39.0 Å². The van der Waals surface area contributed by atoms with Gasteiger partial charge >= 0.3 is 0 Å². The molecule has 1 N–H and O–H groups in total. The van der Waals surface area contributed by atoms with Crippen molar-refractivity contribution < 1.29 is 0 Å². The number of hydrogen-bond donors (Lipinski definition) is 1. The predicted octanol–water partition coefficient (Wildman–Crippen LogP) is 6.21. The Balaban J connectivity index is 1.99. The first-order valence-electron chi connectivity index (χ1n) is 10.3. The number of hydrogen-bond acceptors (Lipinski definition) is 4. The van der Waals surface area contributed by atoms with Crippen molar-refractivity contribution in [2.24, 2.45) is 4.99 Å². The lowest BCUT2D eigenvalue weighted by atomic mass is 10.1. The largest absolute Gasteiger partial charge is 0.383 e. The summed E-state index contributed by atoms with van der Waals surface area (Å²) >= 11 is 0. The van der Waals surface area contributed by atoms with Crippen LogP contribution in [0.15, 0.2) is 46.3 Å². The molecular weight excluding hydrogens is 400 g/mol. The lowest BCUT2D eigenvalue weighted by Gasteiger charge is -2.22. The lowest BCUT2D eigenvalue weighted by molar-refractivity contribution is 0.865. The number of benzene rings is 2. The van der Waals surface area contributed by atoms with Crippen LogP contribution in [0, 0.1) is 11.4 Å². The Morgan fingerprint density at radius 1 is 1.07 bits per heavy atom. The van der Waals surface area contributed by atoms with E-state index in [9.17, 15) is 0 Å². The quantitative estimate of drug-likeness (QED) is 0.476. The SMILES string of the molecule is CCCNc1cc2c(c3ccc(C)nc13)N=c1ccc(N(CC)CC)cc1=S2Cl. The fourth-order valence-electron chi connectivity index (χ4n) is 3.76. The van der Waals surface area contributed by atoms with E-state index in [1.807, 2.05) is 13.0 Å². The highest BCUT2D eigenvalue weighted by Crippen LogP contribution is 2.47. The summed E-state index contributed by atoms with van der Waals surface area (Å²) in [4.78, 5) is 13.2. The first kappa shape index (κ1) is 20.2. The van der Waals surface area contributed by atoms with Gasteiger partial charge < -0.3 is 10.2 Å². The van der Waals surface area contributed by atoms with Crippen LogP contribution in [0.4, 0.5) is 17.1 Å². The highest BCUT2D eigenvalue weighted by molar-refractivity contribution is 8.29. The molecule has 0 saturated heterocycles. The molecule has 1 atom stereocenters. The third-order valence-electron chi connectivity index (χ3n) is 5.31. The predicted molar refractivity (Wildman–Crippen MR) is 127 cm³/mol. The molecule has 0 amide bonds. The Morgan fingerprint density at radius 3 is 2.59 bits per heavy atom. The number of aromatic nitrogens is 1. The molecule has 3 aromatic rings. The first-order chi connectivity index (χ1) is 14.1. The van der Waals surface area contributed by atoms with Gasteiger partial charge in [0.05, 0.1) is 22.2 Å². The second-order valence-electron chi connectivity index (χ2n) is 7.24. The molecule has 1 aliphatic heterocycles. The second-order valence-corrected chi connectivity index (χ2v) is 9.56. The average Bonchev–Trinajstić information content (AvgIpc) is 2.73. The Labute approximate surface area is 179 Å². The van der Waals surface area contributed by atoms with Gasteiger partial charge in [0, 0.05) is 45.8 Å². The minimum Gasteiger partial charge on any atom is -0.383 e. The van der Waals surface area contributed by atoms with Crippen LogP contribution in [0.2, 0.25) is 0 Å². The zero-order chi connectivity index (χ0) is 20.5. The Kier molecular flexibility index (Phi) is 5.79. The molecule has 0 radical (unpaired) electrons. The molecule has 2 aromatic carbocycles. The van der Waals surface area contributed by atoms with E-state index in [0.717, 1.165) is 68.8 Å². The van der Waals surface area contributed by atoms with Gasteiger partial charge in [-0.3, -0.25) is 4.98 Å². The molecule has 4 nitrogen and oxygen atoms in total. The molecule has 0 saturated carbocycles. The summed E-state index contributed by atoms with van der Waals surface area (Å²) in [5, 5.41) is 5.56. The van der Waals surface area contributed by atoms with Crippen molar-refractivity contribution in [1.82, 2.24) is 4.98 Å². The van der Waals surface area contributed by atoms with Crippen molar-refractivity contribution in [2.75, 3.05) is 29.9 Å². The van der Waals surface area contributed by atoms with Crippen LogP contribution < -0.4 is 15.6 Å². The maximum atomic E-state index is 7.08. The van der Waals surface area contributed by atoms with E-state index in [1.54, 1.807) is 0 Å². The molecule has 1 aromatic heterocycles. The molecule has 2 heterocycles. The van der Waals surface area contributed by atoms with Gasteiger partial charge in [0.15, 0.2) is 0 Å². The number of pyridine rings is 1. The fraction of sp³-hybridized carbons (Fsp3) is 0.348. The van der Waals surface area contributed by atoms with E-state index in [0.29, 0.717) is 0 Å². The van der Waals surface area contributed by atoms with Gasteiger partial charge in [0.2, 0.25) is 0 Å². The Bertz CT molecular complexity index is 1200. The summed E-state index contributed by atoms with van der Waals surface area (Å²) in [6, 6.07) is 12.8. The Morgan fingerprint density at radius 2 is 1.86 bits per heavy atom. The van der Waals surface area contributed by atoms with Crippen LogP contribution in [0.25, 0.3) is 10.9 Å². The highest BCUT2D eigenvalue weighted by Gasteiger charge is 2.19. The normalized spacial score (nSPS) is 14.9. The van der Waals surface area contributed by atoms with Gasteiger partial charge in [-0.25, -0.2) is 4.99 Å². The molecule has 0 bridgehead atoms. The topological polar surface area (TPSA) is 40.5 Å². The van der Waals surface area contributed by atoms with Gasteiger partial charge in [-0.15, -0.1) is 0 Å². The summed E-state index contributed by atoms with van der Waals surface area (Å²) < 4.78 is 1.10. The third kappa shape index (κ3) is 3.62. The molecular formula is C23H27ClN4S. The van der Waals surface area contributed by atoms with Gasteiger partial charge in [0.1, 0.15) is 0 Å². The molecule has 0 fully saturated rings. The molecule has 1 aliphatic rings. The molecule has 1 unspecified atom stereocenters. The van der Waals surface area contributed by atoms with Crippen LogP contribution in [0.5, 0.6) is 0 Å². The van der Waals surface area contributed by atoms with Gasteiger partial charge in [-0.1, -0.05) is 16.6 Å². The van der Waals surface area contributed by atoms with E-state index >= 15 is 0 Å². The number of rotatable bonds is 6. The van der Waals surface area contributed by atoms with E-state index in [4.69, 9.17) is 20.7 Å². The molecule has 0 spiro atoms. The standard InChI is InChI=1S/C23H27ClN4S/c1-5-12-25-19-14-21-23(17-10-8-15(4)26-22(17)19)27-18-11-9-16(28(6-2)7-3)13-20(18)29(21)24/h8-11,13-14,25H,5-7,12H2,1-4H3. The summed E-state index contributed by atoms with van der Waals surface area (Å²) in [7, 11) is 6.52. The summed E-state index contributed by atoms with van der Waals surface area (Å²) in [5.41, 5.74) is 5.17. The van der Waals surface area contributed by atoms with Crippen molar-refractivity contribution in [1.29, 1.82) is 0 Å². The zero-order valence-corrected chi connectivity index (χ0v) is 19.0. The highest BCUT2D eigenvalue weighted by atomic mass is 35.7. The summed E-state index contributed by atoms with van der Waals surface area (Å²) in [6.45, 7) is 11.4. The van der Waals surface area contributed by atoms with Crippen molar-refractivity contribution in [3.8, 4) is 0 Å². The monoisotopic (exact) mass is 426 g/mol. The Hall–Kier alpha value is -2.11. The number of nitrogens with zero attached hydrogens (tertiary/aromatic N) is 3. The number of aryl methyl sites for hydroxylation is 1. The second kappa shape index (κ2) is 8.33. The van der Waals surface area contributed by atoms with Crippen LogP contribution in [0.3, 0.4) is 0 Å². The maximum Gasteiger partial charge on any atom is 0.0958 e. The molecule has 0 aliphatic carbocycles. The van der Waals surface area contributed by atoms with Crippen molar-refractivity contribution >= 4 is 48.3 Å². The van der Waals surface area contributed by atoms with Crippen molar-refractivity contribution in [3.63, 3.8) is 0 Å². The van der Waals surface area contributed by atoms with Crippen LogP contribution in [0.1, 0.15) is 32.9 Å². The van der Waals surface area contributed by atoms with E-state index in [2.05, 4.69) is 61.3 Å². The minimum absolute atomic E-state index is 0.564. The fourth-order valence-corrected chi connectivity index (χ4v) is 5.79. The number of nitrogens with one attached hydrogen (secondary N) is 1. The van der Waals surface area contributed by atoms with Crippen molar-refractivity contribution in [3.05, 3.63) is 52.0 Å². The molecule has 152 valence electrons. The van der Waals surface area contributed by atoms with Crippen LogP contribution in [-0.2, 0) is 0 Å². The summed E-state index contributed by atoms with van der Waals surface area (Å²) in [5.74, 6) is 0. The summed E-state index contributed by atoms with van der Waals surface area (Å²) in [6.07, 6.45) is 1.05. The first-order valence-corrected chi connectivity index (χ1v) is 12.3. The molecule has 4 rings (SSSR count). The van der Waals surface area contributed by atoms with Gasteiger partial charge in [-0.05, 0) is 74.3 Å². The number of fused-ring (bicyclic) bond motifs is 4. The van der Waals surface area contributed by atoms with Crippen LogP contribution in [-0.4, -0.2) is 24.6 Å². The smallest absolute Gasteiger partial charge is 0.0958 e. The minimum atomic E-state index is -0.564. The van der Waals surface area contributed by atoms with Gasteiger partial charge in [0.25, 0.3) is 0 Å². The zero-order valence-electron chi connectivity index (χ0n) is 17.4. The number of anilines is 2. The third-order valence-corrected chi connectivity index (χ3v) is 7.72. The maximum absolute atomic E-state index is 7.08. The average molecular weight is 427 g/mol.